The number of imidazole rings is 1. The normalized spacial score (nSPS) is 14.8. The van der Waals surface area contributed by atoms with Crippen LogP contribution in [0.1, 0.15) is 18.5 Å². The first-order chi connectivity index (χ1) is 12.8. The third-order valence-corrected chi connectivity index (χ3v) is 4.97. The Bertz CT molecular complexity index is 1290. The maximum atomic E-state index is 14.4. The minimum Gasteiger partial charge on any atom is -0.253 e. The summed E-state index contributed by atoms with van der Waals surface area (Å²) < 4.78 is 19.3. The van der Waals surface area contributed by atoms with Gasteiger partial charge in [0.1, 0.15) is 5.65 Å². The summed E-state index contributed by atoms with van der Waals surface area (Å²) in [7, 11) is 0. The fraction of sp³-hybridized carbons (Fsp3) is 0.235. The molecule has 26 heavy (non-hydrogen) atoms. The molecule has 0 atom stereocenters. The summed E-state index contributed by atoms with van der Waals surface area (Å²) in [4.78, 5) is 3.85. The molecule has 1 aromatic carbocycles. The van der Waals surface area contributed by atoms with Gasteiger partial charge in [-0.25, -0.2) is 9.38 Å². The van der Waals surface area contributed by atoms with Crippen LogP contribution in [0.15, 0.2) is 36.7 Å². The van der Waals surface area contributed by atoms with Gasteiger partial charge < -0.3 is 0 Å². The van der Waals surface area contributed by atoms with Gasteiger partial charge in [0.15, 0.2) is 5.65 Å². The largest absolute Gasteiger partial charge is 0.295 e. The molecule has 4 heterocycles. The van der Waals surface area contributed by atoms with Crippen LogP contribution in [0.25, 0.3) is 28.1 Å². The lowest BCUT2D eigenvalue weighted by molar-refractivity contribution is 0.539. The van der Waals surface area contributed by atoms with Crippen molar-refractivity contribution in [2.75, 3.05) is 0 Å². The van der Waals surface area contributed by atoms with Crippen LogP contribution in [0.2, 0.25) is 0 Å². The summed E-state index contributed by atoms with van der Waals surface area (Å²) in [6, 6.07) is 7.50. The van der Waals surface area contributed by atoms with Crippen LogP contribution >= 0.6 is 0 Å². The van der Waals surface area contributed by atoms with E-state index in [4.69, 9.17) is 0 Å². The van der Waals surface area contributed by atoms with E-state index in [0.29, 0.717) is 28.7 Å². The SMILES string of the molecule is Fc1ncc2n1c1ccccc1c1nnc(-n3nncc3CC3CC3)n12. The van der Waals surface area contributed by atoms with E-state index in [-0.39, 0.29) is 0 Å². The van der Waals surface area contributed by atoms with Crippen molar-refractivity contribution in [1.82, 2.24) is 39.0 Å². The van der Waals surface area contributed by atoms with Crippen LogP contribution in [-0.2, 0) is 6.42 Å². The van der Waals surface area contributed by atoms with Gasteiger partial charge in [-0.3, -0.25) is 4.40 Å². The number of aromatic nitrogens is 8. The van der Waals surface area contributed by atoms with Crippen molar-refractivity contribution < 1.29 is 4.39 Å². The molecule has 8 nitrogen and oxygen atoms in total. The van der Waals surface area contributed by atoms with Crippen LogP contribution in [0, 0.1) is 12.0 Å². The number of hydrogen-bond donors (Lipinski definition) is 0. The molecule has 5 aromatic rings. The molecule has 0 unspecified atom stereocenters. The zero-order valence-corrected chi connectivity index (χ0v) is 13.6. The molecule has 1 aliphatic rings. The van der Waals surface area contributed by atoms with Gasteiger partial charge in [-0.2, -0.15) is 9.07 Å². The molecule has 0 radical (unpaired) electrons. The van der Waals surface area contributed by atoms with Gasteiger partial charge in [0.05, 0.1) is 23.6 Å². The number of halogens is 1. The monoisotopic (exact) mass is 348 g/mol. The lowest BCUT2D eigenvalue weighted by Crippen LogP contribution is -2.09. The van der Waals surface area contributed by atoms with Crippen LogP contribution in [0.5, 0.6) is 0 Å². The number of benzene rings is 1. The average Bonchev–Trinajstić information content (AvgIpc) is 3.04. The van der Waals surface area contributed by atoms with Crippen molar-refractivity contribution in [1.29, 1.82) is 0 Å². The fourth-order valence-corrected chi connectivity index (χ4v) is 3.54. The third kappa shape index (κ3) is 1.79. The van der Waals surface area contributed by atoms with E-state index in [1.165, 1.54) is 23.4 Å². The molecule has 1 aliphatic carbocycles. The molecule has 1 fully saturated rings. The Morgan fingerprint density at radius 3 is 2.85 bits per heavy atom. The Morgan fingerprint density at radius 2 is 1.96 bits per heavy atom. The predicted octanol–water partition coefficient (Wildman–Crippen LogP) is 2.20. The van der Waals surface area contributed by atoms with Gasteiger partial charge in [0, 0.05) is 5.39 Å². The van der Waals surface area contributed by atoms with Gasteiger partial charge in [-0.05, 0) is 37.3 Å². The zero-order chi connectivity index (χ0) is 17.3. The van der Waals surface area contributed by atoms with Crippen molar-refractivity contribution in [3.8, 4) is 5.95 Å². The number of nitrogens with zero attached hydrogens (tertiary/aromatic N) is 8. The van der Waals surface area contributed by atoms with Gasteiger partial charge in [-0.1, -0.05) is 17.3 Å². The minimum atomic E-state index is -0.574. The summed E-state index contributed by atoms with van der Waals surface area (Å²) in [5.74, 6) is 1.17. The standard InChI is InChI=1S/C17H13FN8/c18-16-19-9-14-24(16)13-4-2-1-3-12(13)15-21-22-17(25(14)15)26-11(8-20-23-26)7-10-5-6-10/h1-4,8-10H,5-7H2. The predicted molar refractivity (Wildman–Crippen MR) is 90.5 cm³/mol. The van der Waals surface area contributed by atoms with Crippen LogP contribution in [0.3, 0.4) is 0 Å². The zero-order valence-electron chi connectivity index (χ0n) is 13.6. The molecular weight excluding hydrogens is 335 g/mol. The molecule has 0 amide bonds. The Hall–Kier alpha value is -3.36. The summed E-state index contributed by atoms with van der Waals surface area (Å²) in [5, 5.41) is 17.7. The number of fused-ring (bicyclic) bond motifs is 6. The summed E-state index contributed by atoms with van der Waals surface area (Å²) in [6.45, 7) is 0. The smallest absolute Gasteiger partial charge is 0.253 e. The molecule has 4 aromatic heterocycles. The summed E-state index contributed by atoms with van der Waals surface area (Å²) >= 11 is 0. The van der Waals surface area contributed by atoms with Crippen molar-refractivity contribution in [3.05, 3.63) is 48.4 Å². The van der Waals surface area contributed by atoms with E-state index < -0.39 is 6.08 Å². The highest BCUT2D eigenvalue weighted by atomic mass is 19.1. The van der Waals surface area contributed by atoms with E-state index in [0.717, 1.165) is 17.5 Å². The molecule has 9 heteroatoms. The van der Waals surface area contributed by atoms with E-state index >= 15 is 0 Å². The van der Waals surface area contributed by atoms with Gasteiger partial charge in [-0.15, -0.1) is 15.3 Å². The Kier molecular flexibility index (Phi) is 2.58. The first-order valence-electron chi connectivity index (χ1n) is 8.50. The van der Waals surface area contributed by atoms with Crippen molar-refractivity contribution >= 4 is 22.2 Å². The van der Waals surface area contributed by atoms with Crippen LogP contribution in [0.4, 0.5) is 4.39 Å². The Morgan fingerprint density at radius 1 is 1.08 bits per heavy atom. The van der Waals surface area contributed by atoms with E-state index in [9.17, 15) is 4.39 Å². The molecule has 6 rings (SSSR count). The highest BCUT2D eigenvalue weighted by Gasteiger charge is 2.26. The van der Waals surface area contributed by atoms with Gasteiger partial charge in [0.25, 0.3) is 12.0 Å². The van der Waals surface area contributed by atoms with E-state index in [2.05, 4.69) is 25.5 Å². The molecule has 0 spiro atoms. The number of rotatable bonds is 3. The van der Waals surface area contributed by atoms with Crippen molar-refractivity contribution in [2.24, 2.45) is 5.92 Å². The maximum Gasteiger partial charge on any atom is 0.295 e. The number of hydrogen-bond acceptors (Lipinski definition) is 5. The topological polar surface area (TPSA) is 78.2 Å². The first-order valence-corrected chi connectivity index (χ1v) is 8.50. The fourth-order valence-electron chi connectivity index (χ4n) is 3.54. The second kappa shape index (κ2) is 4.84. The molecule has 128 valence electrons. The van der Waals surface area contributed by atoms with Gasteiger partial charge in [0.2, 0.25) is 0 Å². The second-order valence-electron chi connectivity index (χ2n) is 6.68. The molecule has 0 bridgehead atoms. The van der Waals surface area contributed by atoms with Crippen molar-refractivity contribution in [2.45, 2.75) is 19.3 Å². The van der Waals surface area contributed by atoms with Crippen LogP contribution in [-0.4, -0.2) is 39.0 Å². The number of para-hydroxylation sites is 1. The maximum absolute atomic E-state index is 14.4. The average molecular weight is 348 g/mol. The first kappa shape index (κ1) is 13.9. The minimum absolute atomic E-state index is 0.490. The molecule has 1 saturated carbocycles. The summed E-state index contributed by atoms with van der Waals surface area (Å²) in [6.07, 6.45) is 6.03. The molecule has 0 saturated heterocycles. The lowest BCUT2D eigenvalue weighted by Gasteiger charge is -2.08. The molecule has 0 aliphatic heterocycles. The van der Waals surface area contributed by atoms with E-state index in [1.807, 2.05) is 24.3 Å². The molecule has 0 N–H and O–H groups in total. The van der Waals surface area contributed by atoms with Crippen LogP contribution < -0.4 is 0 Å². The Labute approximate surface area is 145 Å². The Balaban J connectivity index is 1.73. The highest BCUT2D eigenvalue weighted by Crippen LogP contribution is 2.33. The van der Waals surface area contributed by atoms with Gasteiger partial charge >= 0.3 is 0 Å². The highest BCUT2D eigenvalue weighted by molar-refractivity contribution is 5.94. The second-order valence-corrected chi connectivity index (χ2v) is 6.68. The van der Waals surface area contributed by atoms with E-state index in [1.54, 1.807) is 15.3 Å². The van der Waals surface area contributed by atoms with Crippen molar-refractivity contribution in [3.63, 3.8) is 0 Å². The molecular formula is C17H13FN8. The quantitative estimate of drug-likeness (QED) is 0.499. The lowest BCUT2D eigenvalue weighted by atomic mass is 10.2. The summed E-state index contributed by atoms with van der Waals surface area (Å²) in [5.41, 5.74) is 2.86. The third-order valence-electron chi connectivity index (χ3n) is 4.97.